The first-order valence-electron chi connectivity index (χ1n) is 6.39. The second-order valence-electron chi connectivity index (χ2n) is 4.65. The predicted octanol–water partition coefficient (Wildman–Crippen LogP) is 2.29. The summed E-state index contributed by atoms with van der Waals surface area (Å²) in [5.74, 6) is -0.756. The van der Waals surface area contributed by atoms with Crippen LogP contribution in [0.2, 0.25) is 0 Å². The topological polar surface area (TPSA) is 58.6 Å². The lowest BCUT2D eigenvalue weighted by molar-refractivity contribution is -0.136. The highest BCUT2D eigenvalue weighted by Crippen LogP contribution is 2.16. The van der Waals surface area contributed by atoms with E-state index in [0.29, 0.717) is 12.5 Å². The molecule has 1 unspecified atom stereocenters. The van der Waals surface area contributed by atoms with Crippen molar-refractivity contribution in [1.29, 1.82) is 0 Å². The van der Waals surface area contributed by atoms with E-state index in [4.69, 9.17) is 9.84 Å². The van der Waals surface area contributed by atoms with Crippen LogP contribution in [0.5, 0.6) is 0 Å². The van der Waals surface area contributed by atoms with Crippen molar-refractivity contribution in [3.8, 4) is 0 Å². The fraction of sp³-hybridized carbons (Fsp3) is 0.500. The maximum Gasteiger partial charge on any atom is 0.303 e. The molecule has 0 aromatic heterocycles. The summed E-state index contributed by atoms with van der Waals surface area (Å²) in [6, 6.07) is 8.33. The zero-order chi connectivity index (χ0) is 12.8. The largest absolute Gasteiger partial charge is 0.481 e. The Balaban J connectivity index is 1.91. The van der Waals surface area contributed by atoms with Crippen molar-refractivity contribution in [2.24, 2.45) is 0 Å². The molecule has 1 aromatic carbocycles. The monoisotopic (exact) mass is 249 g/mol. The molecule has 1 aliphatic rings. The molecule has 0 spiro atoms. The summed E-state index contributed by atoms with van der Waals surface area (Å²) >= 11 is 0. The Morgan fingerprint density at radius 2 is 2.39 bits per heavy atom. The molecule has 0 aliphatic carbocycles. The SMILES string of the molecule is O=C(O)CCc1cccc(NC2CCCOC2)c1. The zero-order valence-corrected chi connectivity index (χ0v) is 10.4. The Labute approximate surface area is 107 Å². The maximum absolute atomic E-state index is 10.5. The normalized spacial score (nSPS) is 19.4. The molecule has 4 heteroatoms. The lowest BCUT2D eigenvalue weighted by Gasteiger charge is -2.24. The van der Waals surface area contributed by atoms with E-state index >= 15 is 0 Å². The van der Waals surface area contributed by atoms with Gasteiger partial charge in [-0.05, 0) is 37.0 Å². The molecule has 0 radical (unpaired) electrons. The molecule has 1 fully saturated rings. The molecule has 1 aliphatic heterocycles. The number of carboxylic acids is 1. The quantitative estimate of drug-likeness (QED) is 0.840. The molecule has 98 valence electrons. The number of anilines is 1. The number of benzene rings is 1. The van der Waals surface area contributed by atoms with Gasteiger partial charge in [-0.3, -0.25) is 4.79 Å². The van der Waals surface area contributed by atoms with Gasteiger partial charge in [0.15, 0.2) is 0 Å². The van der Waals surface area contributed by atoms with E-state index in [1.165, 1.54) is 0 Å². The van der Waals surface area contributed by atoms with Crippen molar-refractivity contribution in [1.82, 2.24) is 0 Å². The van der Waals surface area contributed by atoms with Gasteiger partial charge in [-0.2, -0.15) is 0 Å². The fourth-order valence-electron chi connectivity index (χ4n) is 2.16. The van der Waals surface area contributed by atoms with Gasteiger partial charge < -0.3 is 15.2 Å². The van der Waals surface area contributed by atoms with Crippen LogP contribution in [0.15, 0.2) is 24.3 Å². The Bertz CT molecular complexity index is 400. The molecule has 4 nitrogen and oxygen atoms in total. The first-order valence-corrected chi connectivity index (χ1v) is 6.39. The molecule has 0 saturated carbocycles. The number of nitrogens with one attached hydrogen (secondary N) is 1. The first kappa shape index (κ1) is 12.9. The minimum Gasteiger partial charge on any atom is -0.481 e. The summed E-state index contributed by atoms with van der Waals surface area (Å²) in [5, 5.41) is 12.1. The van der Waals surface area contributed by atoms with E-state index in [2.05, 4.69) is 5.32 Å². The van der Waals surface area contributed by atoms with E-state index in [1.54, 1.807) is 0 Å². The van der Waals surface area contributed by atoms with E-state index in [0.717, 1.165) is 37.3 Å². The van der Waals surface area contributed by atoms with E-state index in [9.17, 15) is 4.79 Å². The van der Waals surface area contributed by atoms with Gasteiger partial charge in [0.1, 0.15) is 0 Å². The average molecular weight is 249 g/mol. The number of carbonyl (C=O) groups is 1. The van der Waals surface area contributed by atoms with Crippen LogP contribution in [0, 0.1) is 0 Å². The third-order valence-corrected chi connectivity index (χ3v) is 3.09. The van der Waals surface area contributed by atoms with Gasteiger partial charge in [0.25, 0.3) is 0 Å². The lowest BCUT2D eigenvalue weighted by atomic mass is 10.1. The van der Waals surface area contributed by atoms with Gasteiger partial charge in [0.05, 0.1) is 6.61 Å². The molecule has 0 amide bonds. The van der Waals surface area contributed by atoms with Gasteiger partial charge in [-0.15, -0.1) is 0 Å². The van der Waals surface area contributed by atoms with E-state index in [1.807, 2.05) is 24.3 Å². The number of ether oxygens (including phenoxy) is 1. The van der Waals surface area contributed by atoms with Crippen molar-refractivity contribution in [3.63, 3.8) is 0 Å². The highest BCUT2D eigenvalue weighted by atomic mass is 16.5. The van der Waals surface area contributed by atoms with Crippen LogP contribution in [0.4, 0.5) is 5.69 Å². The summed E-state index contributed by atoms with van der Waals surface area (Å²) < 4.78 is 5.42. The highest BCUT2D eigenvalue weighted by Gasteiger charge is 2.13. The van der Waals surface area contributed by atoms with Crippen LogP contribution in [0.1, 0.15) is 24.8 Å². The third kappa shape index (κ3) is 4.04. The summed E-state index contributed by atoms with van der Waals surface area (Å²) in [4.78, 5) is 10.5. The average Bonchev–Trinajstić information content (AvgIpc) is 2.38. The van der Waals surface area contributed by atoms with E-state index in [-0.39, 0.29) is 6.42 Å². The van der Waals surface area contributed by atoms with Crippen LogP contribution in [0.25, 0.3) is 0 Å². The summed E-state index contributed by atoms with van der Waals surface area (Å²) in [5.41, 5.74) is 2.10. The first-order chi connectivity index (χ1) is 8.74. The lowest BCUT2D eigenvalue weighted by Crippen LogP contribution is -2.29. The van der Waals surface area contributed by atoms with Crippen LogP contribution >= 0.6 is 0 Å². The fourth-order valence-corrected chi connectivity index (χ4v) is 2.16. The summed E-state index contributed by atoms with van der Waals surface area (Å²) in [6.45, 7) is 1.61. The Morgan fingerprint density at radius 3 is 3.11 bits per heavy atom. The number of aliphatic carboxylic acids is 1. The van der Waals surface area contributed by atoms with Crippen molar-refractivity contribution in [2.75, 3.05) is 18.5 Å². The Kier molecular flexibility index (Phi) is 4.59. The Hall–Kier alpha value is -1.55. The number of hydrogen-bond donors (Lipinski definition) is 2. The van der Waals surface area contributed by atoms with Crippen LogP contribution < -0.4 is 5.32 Å². The summed E-state index contributed by atoms with van der Waals surface area (Å²) in [7, 11) is 0. The molecule has 1 aromatic rings. The molecule has 1 atom stereocenters. The Morgan fingerprint density at radius 1 is 1.50 bits per heavy atom. The maximum atomic E-state index is 10.5. The minimum absolute atomic E-state index is 0.177. The van der Waals surface area contributed by atoms with Crippen molar-refractivity contribution in [2.45, 2.75) is 31.7 Å². The predicted molar refractivity (Wildman–Crippen MR) is 69.9 cm³/mol. The zero-order valence-electron chi connectivity index (χ0n) is 10.4. The number of rotatable bonds is 5. The van der Waals surface area contributed by atoms with E-state index < -0.39 is 5.97 Å². The van der Waals surface area contributed by atoms with Crippen molar-refractivity contribution < 1.29 is 14.6 Å². The second kappa shape index (κ2) is 6.40. The van der Waals surface area contributed by atoms with Crippen molar-refractivity contribution >= 4 is 11.7 Å². The van der Waals surface area contributed by atoms with Crippen molar-refractivity contribution in [3.05, 3.63) is 29.8 Å². The van der Waals surface area contributed by atoms with Crippen LogP contribution in [-0.2, 0) is 16.0 Å². The van der Waals surface area contributed by atoms with Gasteiger partial charge >= 0.3 is 5.97 Å². The highest BCUT2D eigenvalue weighted by molar-refractivity contribution is 5.67. The number of hydrogen-bond acceptors (Lipinski definition) is 3. The number of carboxylic acid groups (broad SMARTS) is 1. The minimum atomic E-state index is -0.756. The van der Waals surface area contributed by atoms with Gasteiger partial charge in [-0.25, -0.2) is 0 Å². The molecule has 1 heterocycles. The molecular weight excluding hydrogens is 230 g/mol. The molecule has 2 N–H and O–H groups in total. The van der Waals surface area contributed by atoms with Crippen LogP contribution in [0.3, 0.4) is 0 Å². The number of aryl methyl sites for hydroxylation is 1. The summed E-state index contributed by atoms with van der Waals surface area (Å²) in [6.07, 6.45) is 2.97. The second-order valence-corrected chi connectivity index (χ2v) is 4.65. The van der Waals surface area contributed by atoms with Crippen LogP contribution in [-0.4, -0.2) is 30.3 Å². The molecular formula is C14H19NO3. The van der Waals surface area contributed by atoms with Gasteiger partial charge in [0.2, 0.25) is 0 Å². The smallest absolute Gasteiger partial charge is 0.303 e. The standard InChI is InChI=1S/C14H19NO3/c16-14(17)7-6-11-3-1-4-12(9-11)15-13-5-2-8-18-10-13/h1,3-4,9,13,15H,2,5-8,10H2,(H,16,17). The van der Waals surface area contributed by atoms with Gasteiger partial charge in [-0.1, -0.05) is 12.1 Å². The molecule has 0 bridgehead atoms. The van der Waals surface area contributed by atoms with Gasteiger partial charge in [0, 0.05) is 24.8 Å². The molecule has 18 heavy (non-hydrogen) atoms. The molecule has 1 saturated heterocycles. The molecule has 2 rings (SSSR count). The third-order valence-electron chi connectivity index (χ3n) is 3.09.